The first-order valence-electron chi connectivity index (χ1n) is 5.35. The Hall–Kier alpha value is -1.88. The Morgan fingerprint density at radius 1 is 1.53 bits per heavy atom. The lowest BCUT2D eigenvalue weighted by Crippen LogP contribution is -2.44. The second-order valence-electron chi connectivity index (χ2n) is 3.94. The van der Waals surface area contributed by atoms with Gasteiger partial charge in [0.25, 0.3) is 0 Å². The van der Waals surface area contributed by atoms with Gasteiger partial charge < -0.3 is 15.4 Å². The SMILES string of the molecule is COC(=O)C(N)CN1C(=O)Cc2ccccc21. The molecule has 1 aromatic carbocycles. The molecule has 2 N–H and O–H groups in total. The third-order valence-corrected chi connectivity index (χ3v) is 2.81. The van der Waals surface area contributed by atoms with Crippen LogP contribution in [0.4, 0.5) is 5.69 Å². The number of nitrogens with zero attached hydrogens (tertiary/aromatic N) is 1. The van der Waals surface area contributed by atoms with Gasteiger partial charge in [0.15, 0.2) is 0 Å². The molecule has 2 rings (SSSR count). The number of amides is 1. The fourth-order valence-electron chi connectivity index (χ4n) is 1.94. The molecule has 1 aliphatic heterocycles. The molecule has 5 heteroatoms. The van der Waals surface area contributed by atoms with E-state index in [1.54, 1.807) is 0 Å². The quantitative estimate of drug-likeness (QED) is 0.751. The van der Waals surface area contributed by atoms with Crippen LogP contribution < -0.4 is 10.6 Å². The molecule has 0 aliphatic carbocycles. The van der Waals surface area contributed by atoms with Crippen molar-refractivity contribution in [3.05, 3.63) is 29.8 Å². The normalized spacial score (nSPS) is 15.6. The van der Waals surface area contributed by atoms with E-state index in [0.29, 0.717) is 6.42 Å². The van der Waals surface area contributed by atoms with Gasteiger partial charge in [-0.25, -0.2) is 0 Å². The summed E-state index contributed by atoms with van der Waals surface area (Å²) in [6.45, 7) is 0.155. The van der Waals surface area contributed by atoms with Crippen LogP contribution in [0.15, 0.2) is 24.3 Å². The fraction of sp³-hybridized carbons (Fsp3) is 0.333. The van der Waals surface area contributed by atoms with Crippen LogP contribution in [0.25, 0.3) is 0 Å². The largest absolute Gasteiger partial charge is 0.468 e. The number of esters is 1. The molecule has 0 saturated carbocycles. The number of methoxy groups -OCH3 is 1. The Labute approximate surface area is 99.2 Å². The lowest BCUT2D eigenvalue weighted by atomic mass is 10.2. The average Bonchev–Trinajstić information content (AvgIpc) is 2.65. The van der Waals surface area contributed by atoms with Crippen molar-refractivity contribution >= 4 is 17.6 Å². The number of carbonyl (C=O) groups excluding carboxylic acids is 2. The summed E-state index contributed by atoms with van der Waals surface area (Å²) >= 11 is 0. The summed E-state index contributed by atoms with van der Waals surface area (Å²) in [6, 6.07) is 6.68. The van der Waals surface area contributed by atoms with Gasteiger partial charge in [-0.1, -0.05) is 18.2 Å². The first-order chi connectivity index (χ1) is 8.13. The maximum atomic E-state index is 11.8. The van der Waals surface area contributed by atoms with Crippen molar-refractivity contribution in [2.45, 2.75) is 12.5 Å². The molecule has 5 nitrogen and oxygen atoms in total. The molecule has 17 heavy (non-hydrogen) atoms. The molecule has 0 aromatic heterocycles. The predicted octanol–water partition coefficient (Wildman–Crippen LogP) is 0.0760. The highest BCUT2D eigenvalue weighted by atomic mass is 16.5. The number of ether oxygens (including phenoxy) is 1. The molecule has 1 aliphatic rings. The van der Waals surface area contributed by atoms with E-state index in [9.17, 15) is 9.59 Å². The zero-order valence-electron chi connectivity index (χ0n) is 9.55. The summed E-state index contributed by atoms with van der Waals surface area (Å²) in [4.78, 5) is 24.6. The van der Waals surface area contributed by atoms with Gasteiger partial charge in [-0.2, -0.15) is 0 Å². The van der Waals surface area contributed by atoms with Crippen molar-refractivity contribution in [2.24, 2.45) is 5.73 Å². The highest BCUT2D eigenvalue weighted by molar-refractivity contribution is 6.01. The standard InChI is InChI=1S/C12H14N2O3/c1-17-12(16)9(13)7-14-10-5-3-2-4-8(10)6-11(14)15/h2-5,9H,6-7,13H2,1H3. The van der Waals surface area contributed by atoms with Gasteiger partial charge >= 0.3 is 5.97 Å². The van der Waals surface area contributed by atoms with E-state index in [1.165, 1.54) is 12.0 Å². The Kier molecular flexibility index (Phi) is 3.10. The van der Waals surface area contributed by atoms with E-state index in [2.05, 4.69) is 4.74 Å². The molecule has 90 valence electrons. The molecule has 0 spiro atoms. The maximum Gasteiger partial charge on any atom is 0.324 e. The first-order valence-corrected chi connectivity index (χ1v) is 5.35. The van der Waals surface area contributed by atoms with E-state index in [-0.39, 0.29) is 12.5 Å². The number of hydrogen-bond donors (Lipinski definition) is 1. The molecular weight excluding hydrogens is 220 g/mol. The Morgan fingerprint density at radius 3 is 2.94 bits per heavy atom. The first kappa shape index (κ1) is 11.6. The van der Waals surface area contributed by atoms with Gasteiger partial charge in [0.2, 0.25) is 5.91 Å². The lowest BCUT2D eigenvalue weighted by molar-refractivity contribution is -0.141. The average molecular weight is 234 g/mol. The van der Waals surface area contributed by atoms with Gasteiger partial charge in [-0.3, -0.25) is 9.59 Å². The predicted molar refractivity (Wildman–Crippen MR) is 62.5 cm³/mol. The molecule has 0 saturated heterocycles. The van der Waals surface area contributed by atoms with Crippen LogP contribution >= 0.6 is 0 Å². The number of rotatable bonds is 3. The number of para-hydroxylation sites is 1. The van der Waals surface area contributed by atoms with E-state index in [1.807, 2.05) is 24.3 Å². The number of carbonyl (C=O) groups is 2. The molecule has 0 bridgehead atoms. The van der Waals surface area contributed by atoms with Crippen molar-refractivity contribution in [1.82, 2.24) is 0 Å². The lowest BCUT2D eigenvalue weighted by Gasteiger charge is -2.20. The second kappa shape index (κ2) is 4.55. The number of hydrogen-bond acceptors (Lipinski definition) is 4. The van der Waals surface area contributed by atoms with Crippen molar-refractivity contribution < 1.29 is 14.3 Å². The number of anilines is 1. The van der Waals surface area contributed by atoms with Crippen LogP contribution in [0.3, 0.4) is 0 Å². The van der Waals surface area contributed by atoms with E-state index >= 15 is 0 Å². The van der Waals surface area contributed by atoms with Gasteiger partial charge in [0.05, 0.1) is 20.1 Å². The third-order valence-electron chi connectivity index (χ3n) is 2.81. The van der Waals surface area contributed by atoms with Crippen LogP contribution in [0.5, 0.6) is 0 Å². The molecule has 1 unspecified atom stereocenters. The summed E-state index contributed by atoms with van der Waals surface area (Å²) in [5.41, 5.74) is 7.46. The molecule has 1 aromatic rings. The Morgan fingerprint density at radius 2 is 2.24 bits per heavy atom. The van der Waals surface area contributed by atoms with Crippen molar-refractivity contribution in [3.63, 3.8) is 0 Å². The topological polar surface area (TPSA) is 72.6 Å². The Balaban J connectivity index is 2.17. The van der Waals surface area contributed by atoms with Gasteiger partial charge in [-0.05, 0) is 11.6 Å². The van der Waals surface area contributed by atoms with E-state index < -0.39 is 12.0 Å². The second-order valence-corrected chi connectivity index (χ2v) is 3.94. The van der Waals surface area contributed by atoms with Crippen LogP contribution in [0.2, 0.25) is 0 Å². The Bertz CT molecular complexity index is 459. The van der Waals surface area contributed by atoms with Crippen LogP contribution in [-0.4, -0.2) is 31.6 Å². The van der Waals surface area contributed by atoms with E-state index in [0.717, 1.165) is 11.3 Å². The van der Waals surface area contributed by atoms with Crippen molar-refractivity contribution in [1.29, 1.82) is 0 Å². The van der Waals surface area contributed by atoms with Gasteiger partial charge in [0, 0.05) is 5.69 Å². The van der Waals surface area contributed by atoms with Crippen LogP contribution in [0.1, 0.15) is 5.56 Å². The third kappa shape index (κ3) is 2.14. The minimum Gasteiger partial charge on any atom is -0.468 e. The molecule has 1 amide bonds. The fourth-order valence-corrected chi connectivity index (χ4v) is 1.94. The van der Waals surface area contributed by atoms with Gasteiger partial charge in [0.1, 0.15) is 6.04 Å². The van der Waals surface area contributed by atoms with Gasteiger partial charge in [-0.15, -0.1) is 0 Å². The zero-order valence-corrected chi connectivity index (χ0v) is 9.55. The highest BCUT2D eigenvalue weighted by Crippen LogP contribution is 2.28. The highest BCUT2D eigenvalue weighted by Gasteiger charge is 2.29. The smallest absolute Gasteiger partial charge is 0.324 e. The molecule has 1 heterocycles. The summed E-state index contributed by atoms with van der Waals surface area (Å²) in [5, 5.41) is 0. The van der Waals surface area contributed by atoms with Crippen molar-refractivity contribution in [3.8, 4) is 0 Å². The number of nitrogens with two attached hydrogens (primary N) is 1. The summed E-state index contributed by atoms with van der Waals surface area (Å²) in [7, 11) is 1.28. The van der Waals surface area contributed by atoms with Crippen molar-refractivity contribution in [2.75, 3.05) is 18.6 Å². The van der Waals surface area contributed by atoms with Crippen LogP contribution in [-0.2, 0) is 20.7 Å². The number of benzene rings is 1. The monoisotopic (exact) mass is 234 g/mol. The summed E-state index contributed by atoms with van der Waals surface area (Å²) in [6.07, 6.45) is 0.365. The van der Waals surface area contributed by atoms with E-state index in [4.69, 9.17) is 5.73 Å². The zero-order chi connectivity index (χ0) is 12.4. The minimum absolute atomic E-state index is 0.0365. The molecule has 0 radical (unpaired) electrons. The minimum atomic E-state index is -0.810. The summed E-state index contributed by atoms with van der Waals surface area (Å²) in [5.74, 6) is -0.548. The number of fused-ring (bicyclic) bond motifs is 1. The molecule has 1 atom stereocenters. The van der Waals surface area contributed by atoms with Crippen LogP contribution in [0, 0.1) is 0 Å². The summed E-state index contributed by atoms with van der Waals surface area (Å²) < 4.78 is 4.54. The molecule has 0 fully saturated rings. The molecular formula is C12H14N2O3. The maximum absolute atomic E-state index is 11.8.